The highest BCUT2D eigenvalue weighted by molar-refractivity contribution is 5.98. The second kappa shape index (κ2) is 8.42. The molecule has 0 aliphatic rings. The smallest absolute Gasteiger partial charge is 0.252 e. The summed E-state index contributed by atoms with van der Waals surface area (Å²) in [4.78, 5) is 24.4. The van der Waals surface area contributed by atoms with Crippen LogP contribution >= 0.6 is 0 Å². The van der Waals surface area contributed by atoms with Crippen LogP contribution < -0.4 is 16.4 Å². The lowest BCUT2D eigenvalue weighted by molar-refractivity contribution is -0.123. The van der Waals surface area contributed by atoms with Crippen LogP contribution in [-0.4, -0.2) is 30.9 Å². The Bertz CT molecular complexity index is 486. The first-order valence-electron chi connectivity index (χ1n) is 7.31. The summed E-state index contributed by atoms with van der Waals surface area (Å²) < 4.78 is 0. The Balaban J connectivity index is 2.72. The van der Waals surface area contributed by atoms with Crippen molar-refractivity contribution in [3.63, 3.8) is 0 Å². The molecule has 1 aromatic rings. The predicted octanol–water partition coefficient (Wildman–Crippen LogP) is 1.21. The summed E-state index contributed by atoms with van der Waals surface area (Å²) in [6.45, 7) is 6.75. The van der Waals surface area contributed by atoms with Crippen molar-refractivity contribution in [1.82, 2.24) is 10.6 Å². The molecular formula is C16H25N3O2. The zero-order valence-corrected chi connectivity index (χ0v) is 13.0. The number of rotatable bonds is 7. The third-order valence-electron chi connectivity index (χ3n) is 3.31. The summed E-state index contributed by atoms with van der Waals surface area (Å²) in [5.74, 6) is -0.378. The molecule has 116 valence electrons. The van der Waals surface area contributed by atoms with E-state index in [0.717, 1.165) is 12.0 Å². The second-order valence-corrected chi connectivity index (χ2v) is 5.44. The van der Waals surface area contributed by atoms with Crippen LogP contribution in [0.25, 0.3) is 0 Å². The van der Waals surface area contributed by atoms with Crippen molar-refractivity contribution in [2.75, 3.05) is 13.1 Å². The number of hydrogen-bond donors (Lipinski definition) is 3. The van der Waals surface area contributed by atoms with Gasteiger partial charge in [-0.05, 0) is 37.4 Å². The zero-order chi connectivity index (χ0) is 15.8. The number of aryl methyl sites for hydroxylation is 1. The van der Waals surface area contributed by atoms with Gasteiger partial charge in [-0.3, -0.25) is 9.59 Å². The van der Waals surface area contributed by atoms with Crippen molar-refractivity contribution in [3.8, 4) is 0 Å². The van der Waals surface area contributed by atoms with Gasteiger partial charge in [-0.25, -0.2) is 0 Å². The number of hydrogen-bond acceptors (Lipinski definition) is 3. The first-order valence-corrected chi connectivity index (χ1v) is 7.31. The summed E-state index contributed by atoms with van der Waals surface area (Å²) in [6.07, 6.45) is 0.724. The van der Waals surface area contributed by atoms with Crippen molar-refractivity contribution >= 4 is 11.8 Å². The fourth-order valence-corrected chi connectivity index (χ4v) is 2.01. The number of benzene rings is 1. The van der Waals surface area contributed by atoms with Gasteiger partial charge in [0.25, 0.3) is 5.91 Å². The molecule has 4 N–H and O–H groups in total. The maximum Gasteiger partial charge on any atom is 0.252 e. The maximum absolute atomic E-state index is 12.3. The Hall–Kier alpha value is -1.88. The Kier molecular flexibility index (Phi) is 6.88. The molecule has 5 nitrogen and oxygen atoms in total. The molecule has 5 heteroatoms. The highest BCUT2D eigenvalue weighted by Crippen LogP contribution is 2.09. The number of nitrogens with two attached hydrogens (primary N) is 1. The predicted molar refractivity (Wildman–Crippen MR) is 84.0 cm³/mol. The highest BCUT2D eigenvalue weighted by Gasteiger charge is 2.24. The molecule has 1 unspecified atom stereocenters. The molecule has 1 rings (SSSR count). The van der Waals surface area contributed by atoms with Crippen molar-refractivity contribution < 1.29 is 9.59 Å². The van der Waals surface area contributed by atoms with Crippen molar-refractivity contribution in [3.05, 3.63) is 35.4 Å². The number of carbonyl (C=O) groups excluding carboxylic acids is 2. The van der Waals surface area contributed by atoms with E-state index in [9.17, 15) is 9.59 Å². The van der Waals surface area contributed by atoms with E-state index in [0.29, 0.717) is 18.7 Å². The highest BCUT2D eigenvalue weighted by atomic mass is 16.2. The Morgan fingerprint density at radius 3 is 2.48 bits per heavy atom. The monoisotopic (exact) mass is 291 g/mol. The summed E-state index contributed by atoms with van der Waals surface area (Å²) in [5.41, 5.74) is 6.89. The average Bonchev–Trinajstić information content (AvgIpc) is 2.44. The van der Waals surface area contributed by atoms with Crippen LogP contribution in [0.1, 0.15) is 36.2 Å². The molecule has 0 saturated carbocycles. The third kappa shape index (κ3) is 5.19. The van der Waals surface area contributed by atoms with Gasteiger partial charge in [0, 0.05) is 12.1 Å². The summed E-state index contributed by atoms with van der Waals surface area (Å²) in [7, 11) is 0. The molecule has 0 saturated heterocycles. The molecule has 0 heterocycles. The Morgan fingerprint density at radius 2 is 1.90 bits per heavy atom. The zero-order valence-electron chi connectivity index (χ0n) is 13.0. The van der Waals surface area contributed by atoms with Crippen molar-refractivity contribution in [1.29, 1.82) is 0 Å². The average molecular weight is 291 g/mol. The lowest BCUT2D eigenvalue weighted by atomic mass is 10.0. The fourth-order valence-electron chi connectivity index (χ4n) is 2.01. The molecular weight excluding hydrogens is 266 g/mol. The van der Waals surface area contributed by atoms with Crippen LogP contribution in [-0.2, 0) is 4.79 Å². The molecule has 0 radical (unpaired) electrons. The first kappa shape index (κ1) is 17.2. The topological polar surface area (TPSA) is 84.2 Å². The van der Waals surface area contributed by atoms with E-state index in [4.69, 9.17) is 5.73 Å². The van der Waals surface area contributed by atoms with Crippen LogP contribution in [0, 0.1) is 12.8 Å². The number of amides is 2. The van der Waals surface area contributed by atoms with Gasteiger partial charge >= 0.3 is 0 Å². The van der Waals surface area contributed by atoms with E-state index in [2.05, 4.69) is 10.6 Å². The standard InChI is InChI=1S/C16H25N3O2/c1-11(2)14(16(21)18-10-6-9-17)19-15(20)13-8-5-4-7-12(13)3/h4-5,7-8,11,14H,6,9-10,17H2,1-3H3,(H,18,21)(H,19,20). The molecule has 0 aromatic heterocycles. The van der Waals surface area contributed by atoms with Crippen molar-refractivity contribution in [2.24, 2.45) is 11.7 Å². The Morgan fingerprint density at radius 1 is 1.24 bits per heavy atom. The van der Waals surface area contributed by atoms with E-state index >= 15 is 0 Å². The van der Waals surface area contributed by atoms with Gasteiger partial charge in [-0.2, -0.15) is 0 Å². The van der Waals surface area contributed by atoms with Crippen molar-refractivity contribution in [2.45, 2.75) is 33.2 Å². The lowest BCUT2D eigenvalue weighted by Gasteiger charge is -2.22. The van der Waals surface area contributed by atoms with E-state index < -0.39 is 6.04 Å². The normalized spacial score (nSPS) is 12.0. The minimum absolute atomic E-state index is 0.0100. The largest absolute Gasteiger partial charge is 0.354 e. The summed E-state index contributed by atoms with van der Waals surface area (Å²) in [6, 6.07) is 6.78. The van der Waals surface area contributed by atoms with Gasteiger partial charge in [0.1, 0.15) is 6.04 Å². The molecule has 1 atom stereocenters. The molecule has 0 aliphatic heterocycles. The minimum atomic E-state index is -0.546. The quantitative estimate of drug-likeness (QED) is 0.660. The van der Waals surface area contributed by atoms with E-state index in [1.165, 1.54) is 0 Å². The number of carbonyl (C=O) groups is 2. The molecule has 0 bridgehead atoms. The van der Waals surface area contributed by atoms with Gasteiger partial charge in [0.15, 0.2) is 0 Å². The molecule has 2 amide bonds. The van der Waals surface area contributed by atoms with E-state index in [1.807, 2.05) is 39.0 Å². The van der Waals surface area contributed by atoms with Crippen LogP contribution in [0.15, 0.2) is 24.3 Å². The third-order valence-corrected chi connectivity index (χ3v) is 3.31. The molecule has 21 heavy (non-hydrogen) atoms. The van der Waals surface area contributed by atoms with E-state index in [-0.39, 0.29) is 17.7 Å². The SMILES string of the molecule is Cc1ccccc1C(=O)NC(C(=O)NCCCN)C(C)C. The van der Waals surface area contributed by atoms with Gasteiger partial charge < -0.3 is 16.4 Å². The van der Waals surface area contributed by atoms with Gasteiger partial charge in [0.2, 0.25) is 5.91 Å². The van der Waals surface area contributed by atoms with Gasteiger partial charge in [0.05, 0.1) is 0 Å². The maximum atomic E-state index is 12.3. The van der Waals surface area contributed by atoms with Crippen LogP contribution in [0.4, 0.5) is 0 Å². The van der Waals surface area contributed by atoms with Crippen LogP contribution in [0.5, 0.6) is 0 Å². The van der Waals surface area contributed by atoms with Crippen LogP contribution in [0.3, 0.4) is 0 Å². The Labute approximate surface area is 126 Å². The van der Waals surface area contributed by atoms with Gasteiger partial charge in [-0.1, -0.05) is 32.0 Å². The van der Waals surface area contributed by atoms with Gasteiger partial charge in [-0.15, -0.1) is 0 Å². The summed E-state index contributed by atoms with van der Waals surface area (Å²) in [5, 5.41) is 5.62. The first-order chi connectivity index (χ1) is 9.97. The summed E-state index contributed by atoms with van der Waals surface area (Å²) >= 11 is 0. The molecule has 0 spiro atoms. The molecule has 0 aliphatic carbocycles. The second-order valence-electron chi connectivity index (χ2n) is 5.44. The lowest BCUT2D eigenvalue weighted by Crippen LogP contribution is -2.50. The minimum Gasteiger partial charge on any atom is -0.354 e. The fraction of sp³-hybridized carbons (Fsp3) is 0.500. The van der Waals surface area contributed by atoms with E-state index in [1.54, 1.807) is 6.07 Å². The van der Waals surface area contributed by atoms with Crippen LogP contribution in [0.2, 0.25) is 0 Å². The molecule has 1 aromatic carbocycles. The number of nitrogens with one attached hydrogen (secondary N) is 2. The molecule has 0 fully saturated rings.